The van der Waals surface area contributed by atoms with Crippen LogP contribution in [0.4, 0.5) is 0 Å². The average molecular weight is 280 g/mol. The lowest BCUT2D eigenvalue weighted by atomic mass is 10.1. The highest BCUT2D eigenvalue weighted by Crippen LogP contribution is 2.20. The molecule has 3 aromatic rings. The van der Waals surface area contributed by atoms with Crippen molar-refractivity contribution in [2.45, 2.75) is 33.4 Å². The van der Waals surface area contributed by atoms with Crippen molar-refractivity contribution in [3.05, 3.63) is 53.9 Å². The topological polar surface area (TPSA) is 42.7 Å². The summed E-state index contributed by atoms with van der Waals surface area (Å²) in [7, 11) is 0. The van der Waals surface area contributed by atoms with E-state index in [0.717, 1.165) is 23.6 Å². The van der Waals surface area contributed by atoms with Crippen LogP contribution in [0.1, 0.15) is 25.1 Å². The summed E-state index contributed by atoms with van der Waals surface area (Å²) in [6, 6.07) is 12.8. The lowest BCUT2D eigenvalue weighted by Gasteiger charge is -2.12. The standard InChI is InChI=1S/C17H20N4/c1-12(2)18-11-14-10-17(21-9-8-13(3)20-21)19-16-7-5-4-6-15(14)16/h4-10,12,18H,11H2,1-3H3. The van der Waals surface area contributed by atoms with Gasteiger partial charge in [0, 0.05) is 24.2 Å². The first-order valence-corrected chi connectivity index (χ1v) is 7.28. The molecule has 0 amide bonds. The predicted octanol–water partition coefficient (Wildman–Crippen LogP) is 3.23. The van der Waals surface area contributed by atoms with E-state index >= 15 is 0 Å². The maximum Gasteiger partial charge on any atom is 0.154 e. The number of hydrogen-bond acceptors (Lipinski definition) is 3. The highest BCUT2D eigenvalue weighted by Gasteiger charge is 2.08. The number of nitrogens with one attached hydrogen (secondary N) is 1. The summed E-state index contributed by atoms with van der Waals surface area (Å²) in [6.45, 7) is 7.12. The first kappa shape index (κ1) is 13.8. The molecule has 0 saturated heterocycles. The zero-order chi connectivity index (χ0) is 14.8. The Bertz CT molecular complexity index is 758. The summed E-state index contributed by atoms with van der Waals surface area (Å²) >= 11 is 0. The smallest absolute Gasteiger partial charge is 0.154 e. The fraction of sp³-hybridized carbons (Fsp3) is 0.294. The third kappa shape index (κ3) is 2.95. The van der Waals surface area contributed by atoms with Crippen molar-refractivity contribution >= 4 is 10.9 Å². The van der Waals surface area contributed by atoms with E-state index in [4.69, 9.17) is 4.98 Å². The van der Waals surface area contributed by atoms with Crippen LogP contribution in [0, 0.1) is 6.92 Å². The van der Waals surface area contributed by atoms with Gasteiger partial charge in [0.05, 0.1) is 11.2 Å². The number of para-hydroxylation sites is 1. The van der Waals surface area contributed by atoms with Crippen LogP contribution >= 0.6 is 0 Å². The van der Waals surface area contributed by atoms with E-state index in [1.165, 1.54) is 10.9 Å². The van der Waals surface area contributed by atoms with Gasteiger partial charge >= 0.3 is 0 Å². The Kier molecular flexibility index (Phi) is 3.71. The summed E-state index contributed by atoms with van der Waals surface area (Å²) in [5.74, 6) is 0.863. The lowest BCUT2D eigenvalue weighted by molar-refractivity contribution is 0.590. The number of aromatic nitrogens is 3. The third-order valence-electron chi connectivity index (χ3n) is 3.45. The van der Waals surface area contributed by atoms with Crippen molar-refractivity contribution in [1.29, 1.82) is 0 Å². The van der Waals surface area contributed by atoms with Gasteiger partial charge in [0.1, 0.15) is 0 Å². The molecule has 4 nitrogen and oxygen atoms in total. The van der Waals surface area contributed by atoms with E-state index < -0.39 is 0 Å². The van der Waals surface area contributed by atoms with Gasteiger partial charge in [-0.25, -0.2) is 9.67 Å². The molecule has 0 aliphatic rings. The molecule has 2 heterocycles. The maximum atomic E-state index is 4.72. The maximum absolute atomic E-state index is 4.72. The molecular formula is C17H20N4. The molecule has 21 heavy (non-hydrogen) atoms. The van der Waals surface area contributed by atoms with Gasteiger partial charge in [-0.05, 0) is 30.7 Å². The second-order valence-corrected chi connectivity index (χ2v) is 5.59. The minimum Gasteiger partial charge on any atom is -0.310 e. The Balaban J connectivity index is 2.10. The molecule has 0 spiro atoms. The Labute approximate surface area is 124 Å². The highest BCUT2D eigenvalue weighted by atomic mass is 15.3. The Morgan fingerprint density at radius 3 is 2.71 bits per heavy atom. The van der Waals surface area contributed by atoms with Crippen molar-refractivity contribution in [1.82, 2.24) is 20.1 Å². The lowest BCUT2D eigenvalue weighted by Crippen LogP contribution is -2.22. The predicted molar refractivity (Wildman–Crippen MR) is 85.6 cm³/mol. The molecule has 3 rings (SSSR count). The first-order chi connectivity index (χ1) is 10.1. The Morgan fingerprint density at radius 2 is 2.00 bits per heavy atom. The number of hydrogen-bond donors (Lipinski definition) is 1. The van der Waals surface area contributed by atoms with Crippen LogP contribution in [0.2, 0.25) is 0 Å². The monoisotopic (exact) mass is 280 g/mol. The SMILES string of the molecule is Cc1ccn(-c2cc(CNC(C)C)c3ccccc3n2)n1. The summed E-state index contributed by atoms with van der Waals surface area (Å²) in [5, 5.41) is 9.13. The van der Waals surface area contributed by atoms with Crippen molar-refractivity contribution in [3.8, 4) is 5.82 Å². The van der Waals surface area contributed by atoms with Gasteiger partial charge in [0.2, 0.25) is 0 Å². The molecule has 4 heteroatoms. The number of fused-ring (bicyclic) bond motifs is 1. The van der Waals surface area contributed by atoms with Gasteiger partial charge in [-0.15, -0.1) is 0 Å². The summed E-state index contributed by atoms with van der Waals surface area (Å²) in [5.41, 5.74) is 3.24. The van der Waals surface area contributed by atoms with E-state index in [0.29, 0.717) is 6.04 Å². The van der Waals surface area contributed by atoms with E-state index in [1.54, 1.807) is 0 Å². The summed E-state index contributed by atoms with van der Waals surface area (Å²) in [6.07, 6.45) is 1.95. The van der Waals surface area contributed by atoms with Gasteiger partial charge in [-0.3, -0.25) is 0 Å². The molecule has 0 fully saturated rings. The minimum atomic E-state index is 0.451. The zero-order valence-corrected chi connectivity index (χ0v) is 12.7. The fourth-order valence-electron chi connectivity index (χ4n) is 2.35. The van der Waals surface area contributed by atoms with Crippen LogP contribution < -0.4 is 5.32 Å². The van der Waals surface area contributed by atoms with E-state index in [-0.39, 0.29) is 0 Å². The van der Waals surface area contributed by atoms with E-state index in [9.17, 15) is 0 Å². The third-order valence-corrected chi connectivity index (χ3v) is 3.45. The molecule has 0 unspecified atom stereocenters. The molecule has 0 bridgehead atoms. The second kappa shape index (κ2) is 5.66. The molecule has 0 atom stereocenters. The fourth-order valence-corrected chi connectivity index (χ4v) is 2.35. The normalized spacial score (nSPS) is 11.4. The van der Waals surface area contributed by atoms with Gasteiger partial charge in [0.15, 0.2) is 5.82 Å². The van der Waals surface area contributed by atoms with Gasteiger partial charge in [0.25, 0.3) is 0 Å². The van der Waals surface area contributed by atoms with Crippen LogP contribution in [0.15, 0.2) is 42.6 Å². The minimum absolute atomic E-state index is 0.451. The molecule has 0 aliphatic carbocycles. The molecule has 108 valence electrons. The van der Waals surface area contributed by atoms with Crippen LogP contribution in [0.25, 0.3) is 16.7 Å². The molecular weight excluding hydrogens is 260 g/mol. The molecule has 1 aromatic carbocycles. The summed E-state index contributed by atoms with van der Waals surface area (Å²) < 4.78 is 1.83. The summed E-state index contributed by atoms with van der Waals surface area (Å²) in [4.78, 5) is 4.72. The van der Waals surface area contributed by atoms with Crippen LogP contribution in [0.5, 0.6) is 0 Å². The van der Waals surface area contributed by atoms with Crippen LogP contribution in [-0.4, -0.2) is 20.8 Å². The highest BCUT2D eigenvalue weighted by molar-refractivity contribution is 5.83. The molecule has 1 N–H and O–H groups in total. The molecule has 2 aromatic heterocycles. The first-order valence-electron chi connectivity index (χ1n) is 7.28. The van der Waals surface area contributed by atoms with Crippen molar-refractivity contribution in [2.24, 2.45) is 0 Å². The van der Waals surface area contributed by atoms with Crippen molar-refractivity contribution in [2.75, 3.05) is 0 Å². The molecule has 0 saturated carbocycles. The average Bonchev–Trinajstić information content (AvgIpc) is 2.91. The van der Waals surface area contributed by atoms with Gasteiger partial charge < -0.3 is 5.32 Å². The number of aryl methyl sites for hydroxylation is 1. The zero-order valence-electron chi connectivity index (χ0n) is 12.7. The Morgan fingerprint density at radius 1 is 1.19 bits per heavy atom. The van der Waals surface area contributed by atoms with Crippen molar-refractivity contribution < 1.29 is 0 Å². The Hall–Kier alpha value is -2.20. The van der Waals surface area contributed by atoms with E-state index in [2.05, 4.69) is 42.5 Å². The van der Waals surface area contributed by atoms with Gasteiger partial charge in [-0.2, -0.15) is 5.10 Å². The largest absolute Gasteiger partial charge is 0.310 e. The van der Waals surface area contributed by atoms with Gasteiger partial charge in [-0.1, -0.05) is 32.0 Å². The van der Waals surface area contributed by atoms with E-state index in [1.807, 2.05) is 36.0 Å². The number of benzene rings is 1. The second-order valence-electron chi connectivity index (χ2n) is 5.59. The number of nitrogens with zero attached hydrogens (tertiary/aromatic N) is 3. The quantitative estimate of drug-likeness (QED) is 0.798. The number of pyridine rings is 1. The number of rotatable bonds is 4. The van der Waals surface area contributed by atoms with Crippen molar-refractivity contribution in [3.63, 3.8) is 0 Å². The molecule has 0 aliphatic heterocycles. The molecule has 0 radical (unpaired) electrons. The van der Waals surface area contributed by atoms with Crippen LogP contribution in [0.3, 0.4) is 0 Å². The van der Waals surface area contributed by atoms with Crippen LogP contribution in [-0.2, 0) is 6.54 Å².